The number of rotatable bonds is 8. The Morgan fingerprint density at radius 1 is 1.21 bits per heavy atom. The maximum absolute atomic E-state index is 11.8. The highest BCUT2D eigenvalue weighted by Crippen LogP contribution is 2.27. The normalized spacial score (nSPS) is 11.6. The number of benzene rings is 1. The number of aliphatic hydroxyl groups is 1. The van der Waals surface area contributed by atoms with E-state index in [1.807, 2.05) is 12.1 Å². The van der Waals surface area contributed by atoms with Crippen molar-refractivity contribution in [3.05, 3.63) is 47.9 Å². The second-order valence-electron chi connectivity index (χ2n) is 5.16. The van der Waals surface area contributed by atoms with Crippen molar-refractivity contribution < 1.29 is 23.8 Å². The van der Waals surface area contributed by atoms with Gasteiger partial charge >= 0.3 is 6.03 Å². The lowest BCUT2D eigenvalue weighted by atomic mass is 10.1. The van der Waals surface area contributed by atoms with Crippen molar-refractivity contribution in [2.75, 3.05) is 20.8 Å². The summed E-state index contributed by atoms with van der Waals surface area (Å²) < 4.78 is 15.3. The zero-order chi connectivity index (χ0) is 17.4. The molecule has 1 atom stereocenters. The van der Waals surface area contributed by atoms with E-state index in [1.54, 1.807) is 26.4 Å². The molecule has 0 radical (unpaired) electrons. The van der Waals surface area contributed by atoms with Crippen LogP contribution in [0.1, 0.15) is 23.7 Å². The van der Waals surface area contributed by atoms with Crippen molar-refractivity contribution >= 4 is 6.03 Å². The van der Waals surface area contributed by atoms with Gasteiger partial charge in [-0.3, -0.25) is 0 Å². The molecule has 0 spiro atoms. The number of hydrogen-bond donors (Lipinski definition) is 3. The fourth-order valence-corrected chi connectivity index (χ4v) is 2.19. The molecule has 3 N–H and O–H groups in total. The van der Waals surface area contributed by atoms with E-state index in [0.717, 1.165) is 5.56 Å². The highest BCUT2D eigenvalue weighted by atomic mass is 16.5. The molecule has 0 saturated carbocycles. The molecule has 1 unspecified atom stereocenters. The molecule has 7 heteroatoms. The average Bonchev–Trinajstić information content (AvgIpc) is 3.14. The van der Waals surface area contributed by atoms with E-state index in [0.29, 0.717) is 36.6 Å². The van der Waals surface area contributed by atoms with Crippen LogP contribution in [0.5, 0.6) is 11.5 Å². The van der Waals surface area contributed by atoms with Gasteiger partial charge in [0.1, 0.15) is 0 Å². The van der Waals surface area contributed by atoms with Gasteiger partial charge in [-0.1, -0.05) is 6.07 Å². The number of amides is 2. The van der Waals surface area contributed by atoms with Crippen molar-refractivity contribution in [1.82, 2.24) is 10.6 Å². The van der Waals surface area contributed by atoms with Gasteiger partial charge in [-0.25, -0.2) is 4.79 Å². The van der Waals surface area contributed by atoms with Crippen molar-refractivity contribution in [2.24, 2.45) is 0 Å². The van der Waals surface area contributed by atoms with Crippen LogP contribution < -0.4 is 20.1 Å². The van der Waals surface area contributed by atoms with Gasteiger partial charge in [0, 0.05) is 18.7 Å². The molecule has 0 fully saturated rings. The molecule has 0 aliphatic carbocycles. The van der Waals surface area contributed by atoms with Crippen LogP contribution in [0.2, 0.25) is 0 Å². The molecule has 0 bridgehead atoms. The fourth-order valence-electron chi connectivity index (χ4n) is 2.19. The summed E-state index contributed by atoms with van der Waals surface area (Å²) in [5.74, 6) is 1.25. The number of urea groups is 1. The molecular formula is C17H22N2O5. The summed E-state index contributed by atoms with van der Waals surface area (Å²) in [7, 11) is 3.13. The van der Waals surface area contributed by atoms with Gasteiger partial charge in [0.2, 0.25) is 0 Å². The molecular weight excluding hydrogens is 312 g/mol. The first kappa shape index (κ1) is 17.7. The topological polar surface area (TPSA) is 93.0 Å². The molecule has 2 rings (SSSR count). The molecule has 1 aromatic heterocycles. The van der Waals surface area contributed by atoms with Crippen LogP contribution >= 0.6 is 0 Å². The third kappa shape index (κ3) is 4.92. The number of nitrogens with one attached hydrogen (secondary N) is 2. The highest BCUT2D eigenvalue weighted by Gasteiger charge is 2.10. The van der Waals surface area contributed by atoms with Gasteiger partial charge in [-0.15, -0.1) is 0 Å². The Bertz CT molecular complexity index is 642. The Morgan fingerprint density at radius 2 is 2.00 bits per heavy atom. The number of hydrogen-bond acceptors (Lipinski definition) is 5. The monoisotopic (exact) mass is 334 g/mol. The largest absolute Gasteiger partial charge is 0.493 e. The van der Waals surface area contributed by atoms with Gasteiger partial charge in [0.05, 0.1) is 32.8 Å². The van der Waals surface area contributed by atoms with Gasteiger partial charge < -0.3 is 29.6 Å². The Morgan fingerprint density at radius 3 is 2.67 bits per heavy atom. The quantitative estimate of drug-likeness (QED) is 0.688. The first-order valence-corrected chi connectivity index (χ1v) is 7.56. The second kappa shape index (κ2) is 8.83. The summed E-state index contributed by atoms with van der Waals surface area (Å²) in [5.41, 5.74) is 1.59. The standard InChI is InChI=1S/C17H22N2O5/c1-22-15-4-3-12(9-16(15)23-2)10-19-17(21)18-7-5-14(20)13-6-8-24-11-13/h3-4,6,8-9,11,14,20H,5,7,10H2,1-2H3,(H2,18,19,21). The van der Waals surface area contributed by atoms with Crippen molar-refractivity contribution in [1.29, 1.82) is 0 Å². The molecule has 0 saturated heterocycles. The predicted octanol–water partition coefficient (Wildman–Crippen LogP) is 2.22. The lowest BCUT2D eigenvalue weighted by Gasteiger charge is -2.12. The smallest absolute Gasteiger partial charge is 0.315 e. The van der Waals surface area contributed by atoms with Crippen molar-refractivity contribution in [3.63, 3.8) is 0 Å². The summed E-state index contributed by atoms with van der Waals surface area (Å²) >= 11 is 0. The van der Waals surface area contributed by atoms with E-state index < -0.39 is 6.10 Å². The van der Waals surface area contributed by atoms with Crippen molar-refractivity contribution in [2.45, 2.75) is 19.1 Å². The zero-order valence-corrected chi connectivity index (χ0v) is 13.7. The van der Waals surface area contributed by atoms with E-state index in [2.05, 4.69) is 10.6 Å². The number of carbonyl (C=O) groups is 1. The van der Waals surface area contributed by atoms with Crippen LogP contribution in [0.3, 0.4) is 0 Å². The van der Waals surface area contributed by atoms with Crippen molar-refractivity contribution in [3.8, 4) is 11.5 Å². The first-order chi connectivity index (χ1) is 11.6. The van der Waals surface area contributed by atoms with E-state index in [-0.39, 0.29) is 6.03 Å². The van der Waals surface area contributed by atoms with Crippen LogP contribution in [0.15, 0.2) is 41.2 Å². The first-order valence-electron chi connectivity index (χ1n) is 7.56. The third-order valence-corrected chi connectivity index (χ3v) is 3.53. The highest BCUT2D eigenvalue weighted by molar-refractivity contribution is 5.73. The number of furan rings is 1. The van der Waals surface area contributed by atoms with Crippen LogP contribution in [-0.4, -0.2) is 31.9 Å². The summed E-state index contributed by atoms with van der Waals surface area (Å²) in [6.07, 6.45) is 2.74. The fraction of sp³-hybridized carbons (Fsp3) is 0.353. The Hall–Kier alpha value is -2.67. The van der Waals surface area contributed by atoms with Crippen LogP contribution in [-0.2, 0) is 6.54 Å². The Labute approximate surface area is 140 Å². The Balaban J connectivity index is 1.73. The van der Waals surface area contributed by atoms with E-state index in [4.69, 9.17) is 13.9 Å². The minimum absolute atomic E-state index is 0.302. The third-order valence-electron chi connectivity index (χ3n) is 3.53. The number of ether oxygens (including phenoxy) is 2. The number of aliphatic hydroxyl groups excluding tert-OH is 1. The SMILES string of the molecule is COc1ccc(CNC(=O)NCCC(O)c2ccoc2)cc1OC. The lowest BCUT2D eigenvalue weighted by molar-refractivity contribution is 0.166. The molecule has 0 aliphatic rings. The molecule has 1 aromatic carbocycles. The number of carbonyl (C=O) groups excluding carboxylic acids is 1. The van der Waals surface area contributed by atoms with E-state index in [9.17, 15) is 9.90 Å². The Kier molecular flexibility index (Phi) is 6.51. The molecule has 7 nitrogen and oxygen atoms in total. The van der Waals surface area contributed by atoms with E-state index >= 15 is 0 Å². The van der Waals surface area contributed by atoms with Gasteiger partial charge in [0.15, 0.2) is 11.5 Å². The second-order valence-corrected chi connectivity index (χ2v) is 5.16. The zero-order valence-electron chi connectivity index (χ0n) is 13.7. The minimum Gasteiger partial charge on any atom is -0.493 e. The van der Waals surface area contributed by atoms with Crippen LogP contribution in [0, 0.1) is 0 Å². The van der Waals surface area contributed by atoms with E-state index in [1.165, 1.54) is 12.5 Å². The summed E-state index contributed by atoms with van der Waals surface area (Å²) in [6, 6.07) is 6.84. The van der Waals surface area contributed by atoms with Crippen LogP contribution in [0.4, 0.5) is 4.79 Å². The maximum atomic E-state index is 11.8. The molecule has 2 aromatic rings. The summed E-state index contributed by atoms with van der Waals surface area (Å²) in [6.45, 7) is 0.709. The molecule has 2 amide bonds. The van der Waals surface area contributed by atoms with Gasteiger partial charge in [-0.2, -0.15) is 0 Å². The number of methoxy groups -OCH3 is 2. The van der Waals surface area contributed by atoms with Gasteiger partial charge in [-0.05, 0) is 30.2 Å². The molecule has 24 heavy (non-hydrogen) atoms. The van der Waals surface area contributed by atoms with Gasteiger partial charge in [0.25, 0.3) is 0 Å². The summed E-state index contributed by atoms with van der Waals surface area (Å²) in [5, 5.41) is 15.3. The maximum Gasteiger partial charge on any atom is 0.315 e. The molecule has 1 heterocycles. The average molecular weight is 334 g/mol. The minimum atomic E-state index is -0.658. The molecule has 0 aliphatic heterocycles. The van der Waals surface area contributed by atoms with Crippen LogP contribution in [0.25, 0.3) is 0 Å². The summed E-state index contributed by atoms with van der Waals surface area (Å²) in [4.78, 5) is 11.8. The lowest BCUT2D eigenvalue weighted by Crippen LogP contribution is -2.36. The molecule has 130 valence electrons. The predicted molar refractivity (Wildman–Crippen MR) is 88.1 cm³/mol.